The molecule has 1 aromatic rings. The number of rotatable bonds is 6. The smallest absolute Gasteiger partial charge is 0.256 e. The normalized spacial score (nSPS) is 11.2. The largest absolute Gasteiger partial charge is 0.508 e. The molecule has 0 saturated carbocycles. The number of amides is 2. The lowest BCUT2D eigenvalue weighted by atomic mass is 10.0. The predicted octanol–water partition coefficient (Wildman–Crippen LogP) is 3.58. The van der Waals surface area contributed by atoms with Crippen LogP contribution in [0.2, 0.25) is 0 Å². The molecular formula is C24H29N3O5. The van der Waals surface area contributed by atoms with E-state index >= 15 is 0 Å². The number of aromatic nitrogens is 1. The van der Waals surface area contributed by atoms with E-state index in [0.29, 0.717) is 37.3 Å². The number of carbonyl (C=O) groups excluding carboxylic acids is 2. The van der Waals surface area contributed by atoms with Crippen LogP contribution in [-0.4, -0.2) is 57.9 Å². The molecule has 8 heteroatoms. The van der Waals surface area contributed by atoms with E-state index in [-0.39, 0.29) is 56.7 Å². The van der Waals surface area contributed by atoms with Crippen LogP contribution in [0.25, 0.3) is 22.6 Å². The minimum absolute atomic E-state index is 0.103. The first-order valence-corrected chi connectivity index (χ1v) is 10.9. The summed E-state index contributed by atoms with van der Waals surface area (Å²) in [4.78, 5) is 46.8. The number of nitrogens with zero attached hydrogens (tertiary/aromatic N) is 3. The number of hydrogen-bond donors (Lipinski definition) is 1. The summed E-state index contributed by atoms with van der Waals surface area (Å²) < 4.78 is 6.08. The second-order valence-corrected chi connectivity index (χ2v) is 7.64. The van der Waals surface area contributed by atoms with Crippen molar-refractivity contribution in [1.82, 2.24) is 14.8 Å². The molecule has 1 aliphatic carbocycles. The number of phenolic OH excluding ortho intramolecular Hbond substituents is 1. The van der Waals surface area contributed by atoms with Crippen molar-refractivity contribution in [2.45, 2.75) is 41.5 Å². The molecule has 1 aromatic carbocycles. The van der Waals surface area contributed by atoms with E-state index in [9.17, 15) is 19.5 Å². The first kappa shape index (κ1) is 23.2. The Hall–Kier alpha value is -3.42. The van der Waals surface area contributed by atoms with Crippen LogP contribution in [0.3, 0.4) is 0 Å². The molecule has 2 aliphatic rings. The van der Waals surface area contributed by atoms with Crippen molar-refractivity contribution in [2.24, 2.45) is 0 Å². The number of fused-ring (bicyclic) bond motifs is 2. The predicted molar refractivity (Wildman–Crippen MR) is 123 cm³/mol. The van der Waals surface area contributed by atoms with Crippen LogP contribution < -0.4 is 5.43 Å². The summed E-state index contributed by atoms with van der Waals surface area (Å²) in [6, 6.07) is 2.67. The molecule has 0 atom stereocenters. The van der Waals surface area contributed by atoms with Gasteiger partial charge in [0.2, 0.25) is 0 Å². The van der Waals surface area contributed by atoms with Crippen molar-refractivity contribution in [3.63, 3.8) is 0 Å². The van der Waals surface area contributed by atoms with E-state index in [1.54, 1.807) is 23.6 Å². The number of carbonyl (C=O) groups is 2. The molecule has 3 rings (SSSR count). The quantitative estimate of drug-likeness (QED) is 0.589. The third-order valence-electron chi connectivity index (χ3n) is 5.92. The van der Waals surface area contributed by atoms with E-state index in [1.807, 2.05) is 27.7 Å². The molecule has 0 aromatic heterocycles. The van der Waals surface area contributed by atoms with E-state index < -0.39 is 0 Å². The van der Waals surface area contributed by atoms with Crippen molar-refractivity contribution in [3.05, 3.63) is 44.6 Å². The van der Waals surface area contributed by atoms with Crippen LogP contribution in [-0.2, 0) is 0 Å². The van der Waals surface area contributed by atoms with Crippen LogP contribution in [0.4, 0.5) is 0 Å². The highest BCUT2D eigenvalue weighted by atomic mass is 16.3. The zero-order valence-corrected chi connectivity index (χ0v) is 19.4. The lowest BCUT2D eigenvalue weighted by molar-refractivity contribution is 0.0766. The molecule has 0 saturated heterocycles. The fraction of sp³-hybridized carbons (Fsp3) is 0.417. The molecule has 0 fully saturated rings. The Balaban J connectivity index is 2.45. The summed E-state index contributed by atoms with van der Waals surface area (Å²) in [5, 5.41) is 10.5. The molecule has 1 N–H and O–H groups in total. The molecule has 32 heavy (non-hydrogen) atoms. The second-order valence-electron chi connectivity index (χ2n) is 7.64. The van der Waals surface area contributed by atoms with Crippen molar-refractivity contribution in [1.29, 1.82) is 0 Å². The summed E-state index contributed by atoms with van der Waals surface area (Å²) >= 11 is 0. The van der Waals surface area contributed by atoms with Gasteiger partial charge in [-0.2, -0.15) is 0 Å². The van der Waals surface area contributed by atoms with Crippen molar-refractivity contribution < 1.29 is 19.1 Å². The standard InChI is InChI=1S/C24H29N3O5/c1-7-26(8-2)23(30)15-11-17(28)13(5)21-19(15)25-20-16(24(31)27(9-3)10-4)12-18(29)14(6)22(20)32-21/h11-12,28H,7-10H2,1-6H3. The van der Waals surface area contributed by atoms with E-state index in [0.717, 1.165) is 0 Å². The van der Waals surface area contributed by atoms with E-state index in [4.69, 9.17) is 4.42 Å². The molecule has 170 valence electrons. The summed E-state index contributed by atoms with van der Waals surface area (Å²) in [5.41, 5.74) is 1.38. The summed E-state index contributed by atoms with van der Waals surface area (Å²) in [6.45, 7) is 12.6. The molecule has 0 spiro atoms. The third kappa shape index (κ3) is 3.70. The van der Waals surface area contributed by atoms with Gasteiger partial charge >= 0.3 is 0 Å². The molecule has 1 heterocycles. The van der Waals surface area contributed by atoms with Crippen LogP contribution in [0, 0.1) is 13.8 Å². The van der Waals surface area contributed by atoms with Gasteiger partial charge in [0.25, 0.3) is 11.8 Å². The average Bonchev–Trinajstić information content (AvgIpc) is 2.79. The van der Waals surface area contributed by atoms with Crippen molar-refractivity contribution >= 4 is 22.9 Å². The Kier molecular flexibility index (Phi) is 6.52. The maximum Gasteiger partial charge on any atom is 0.256 e. The molecule has 8 nitrogen and oxygen atoms in total. The molecular weight excluding hydrogens is 410 g/mol. The number of aromatic hydroxyl groups is 1. The molecule has 0 bridgehead atoms. The van der Waals surface area contributed by atoms with Crippen molar-refractivity contribution in [2.75, 3.05) is 26.2 Å². The van der Waals surface area contributed by atoms with Gasteiger partial charge in [0.1, 0.15) is 17.0 Å². The summed E-state index contributed by atoms with van der Waals surface area (Å²) in [7, 11) is 0. The zero-order valence-electron chi connectivity index (χ0n) is 19.4. The van der Waals surface area contributed by atoms with E-state index in [2.05, 4.69) is 4.98 Å². The van der Waals surface area contributed by atoms with Gasteiger partial charge in [-0.15, -0.1) is 0 Å². The van der Waals surface area contributed by atoms with Crippen LogP contribution in [0.15, 0.2) is 21.3 Å². The third-order valence-corrected chi connectivity index (χ3v) is 5.92. The number of benzene rings is 2. The summed E-state index contributed by atoms with van der Waals surface area (Å²) in [6.07, 6.45) is 0. The fourth-order valence-electron chi connectivity index (χ4n) is 3.82. The van der Waals surface area contributed by atoms with Gasteiger partial charge in [0.05, 0.1) is 11.1 Å². The van der Waals surface area contributed by atoms with Crippen LogP contribution in [0.1, 0.15) is 59.5 Å². The van der Waals surface area contributed by atoms with Gasteiger partial charge in [-0.05, 0) is 47.6 Å². The minimum atomic E-state index is -0.338. The lowest BCUT2D eigenvalue weighted by Gasteiger charge is -2.22. The highest BCUT2D eigenvalue weighted by molar-refractivity contribution is 6.07. The van der Waals surface area contributed by atoms with Crippen molar-refractivity contribution in [3.8, 4) is 17.2 Å². The Morgan fingerprint density at radius 3 is 1.97 bits per heavy atom. The van der Waals surface area contributed by atoms with Gasteiger partial charge in [-0.25, -0.2) is 4.98 Å². The minimum Gasteiger partial charge on any atom is -0.508 e. The molecule has 2 amide bonds. The monoisotopic (exact) mass is 439 g/mol. The summed E-state index contributed by atoms with van der Waals surface area (Å²) in [5.74, 6) is -0.555. The average molecular weight is 440 g/mol. The van der Waals surface area contributed by atoms with Gasteiger partial charge < -0.3 is 19.3 Å². The first-order chi connectivity index (χ1) is 15.2. The van der Waals surface area contributed by atoms with Gasteiger partial charge in [0.15, 0.2) is 16.8 Å². The maximum atomic E-state index is 13.2. The molecule has 0 radical (unpaired) electrons. The zero-order chi connectivity index (χ0) is 23.7. The Morgan fingerprint density at radius 2 is 1.44 bits per heavy atom. The molecule has 0 unspecified atom stereocenters. The Labute approximate surface area is 186 Å². The highest BCUT2D eigenvalue weighted by Crippen LogP contribution is 2.36. The Bertz CT molecular complexity index is 1220. The van der Waals surface area contributed by atoms with Gasteiger partial charge in [-0.1, -0.05) is 0 Å². The molecule has 1 aliphatic heterocycles. The SMILES string of the molecule is CCN(CC)C(=O)c1cc(=O)c(C)c2oc3c(C)c(O)cc(C(=O)N(CC)CC)c3nc1-2. The topological polar surface area (TPSA) is 104 Å². The maximum absolute atomic E-state index is 13.2. The van der Waals surface area contributed by atoms with Gasteiger partial charge in [-0.3, -0.25) is 14.4 Å². The number of hydrogen-bond acceptors (Lipinski definition) is 6. The van der Waals surface area contributed by atoms with Crippen LogP contribution >= 0.6 is 0 Å². The fourth-order valence-corrected chi connectivity index (χ4v) is 3.82. The van der Waals surface area contributed by atoms with E-state index in [1.165, 1.54) is 12.1 Å². The van der Waals surface area contributed by atoms with Gasteiger partial charge in [0, 0.05) is 43.4 Å². The lowest BCUT2D eigenvalue weighted by Crippen LogP contribution is -2.32. The number of phenols is 1. The first-order valence-electron chi connectivity index (χ1n) is 10.9. The number of aryl methyl sites for hydroxylation is 1. The Morgan fingerprint density at radius 1 is 0.906 bits per heavy atom. The second kappa shape index (κ2) is 8.98. The highest BCUT2D eigenvalue weighted by Gasteiger charge is 2.28. The van der Waals surface area contributed by atoms with Crippen LogP contribution in [0.5, 0.6) is 5.75 Å².